The molecule has 5 aromatic rings. The number of imidazole rings is 1. The third kappa shape index (κ3) is 5.43. The van der Waals surface area contributed by atoms with Crippen LogP contribution in [0, 0.1) is 18.6 Å². The van der Waals surface area contributed by atoms with Crippen molar-refractivity contribution in [1.29, 1.82) is 0 Å². The van der Waals surface area contributed by atoms with E-state index in [1.54, 1.807) is 48.5 Å². The van der Waals surface area contributed by atoms with Gasteiger partial charge < -0.3 is 19.5 Å². The summed E-state index contributed by atoms with van der Waals surface area (Å²) in [4.78, 5) is 8.10. The van der Waals surface area contributed by atoms with E-state index in [9.17, 15) is 17.2 Å². The van der Waals surface area contributed by atoms with Crippen LogP contribution in [0.3, 0.4) is 0 Å². The molecule has 1 aliphatic heterocycles. The van der Waals surface area contributed by atoms with Crippen molar-refractivity contribution in [2.75, 3.05) is 31.7 Å². The Morgan fingerprint density at radius 3 is 2.45 bits per heavy atom. The molecule has 1 aliphatic rings. The van der Waals surface area contributed by atoms with Gasteiger partial charge in [-0.25, -0.2) is 18.2 Å². The van der Waals surface area contributed by atoms with Crippen LogP contribution in [0.25, 0.3) is 16.9 Å². The number of halogens is 2. The molecule has 42 heavy (non-hydrogen) atoms. The van der Waals surface area contributed by atoms with Crippen LogP contribution in [0.5, 0.6) is 17.4 Å². The lowest BCUT2D eigenvalue weighted by Crippen LogP contribution is -2.15. The molecular formula is C29H24F2N4O6S. The van der Waals surface area contributed by atoms with E-state index in [0.29, 0.717) is 36.0 Å². The second-order valence-corrected chi connectivity index (χ2v) is 10.9. The molecule has 13 heteroatoms. The molecule has 6 rings (SSSR count). The number of pyridine rings is 2. The number of hydrogen-bond donors (Lipinski definition) is 1. The highest BCUT2D eigenvalue weighted by Crippen LogP contribution is 2.38. The Balaban J connectivity index is 1.33. The normalized spacial score (nSPS) is 12.8. The van der Waals surface area contributed by atoms with E-state index in [1.807, 2.05) is 6.92 Å². The number of rotatable bonds is 9. The first kappa shape index (κ1) is 27.4. The average Bonchev–Trinajstić information content (AvgIpc) is 3.33. The Morgan fingerprint density at radius 2 is 1.69 bits per heavy atom. The highest BCUT2D eigenvalue weighted by Gasteiger charge is 2.24. The Morgan fingerprint density at radius 1 is 0.952 bits per heavy atom. The molecule has 0 aliphatic carbocycles. The van der Waals surface area contributed by atoms with Crippen LogP contribution in [0.4, 0.5) is 20.3 Å². The highest BCUT2D eigenvalue weighted by atomic mass is 32.2. The van der Waals surface area contributed by atoms with E-state index in [4.69, 9.17) is 18.4 Å². The molecule has 3 aromatic heterocycles. The summed E-state index contributed by atoms with van der Waals surface area (Å²) < 4.78 is 78.8. The molecule has 0 saturated carbocycles. The summed E-state index contributed by atoms with van der Waals surface area (Å²) >= 11 is 0. The van der Waals surface area contributed by atoms with E-state index < -0.39 is 21.8 Å². The molecule has 0 fully saturated rings. The number of hydrogen-bond acceptors (Lipinski definition) is 9. The maximum absolute atomic E-state index is 14.9. The van der Waals surface area contributed by atoms with Crippen LogP contribution in [0.2, 0.25) is 0 Å². The summed E-state index contributed by atoms with van der Waals surface area (Å²) in [6.45, 7) is 2.21. The van der Waals surface area contributed by atoms with Gasteiger partial charge in [0, 0.05) is 11.8 Å². The molecule has 0 atom stereocenters. The zero-order chi connectivity index (χ0) is 29.3. The molecule has 4 heterocycles. The molecule has 0 unspecified atom stereocenters. The minimum Gasteiger partial charge on any atom is -0.486 e. The van der Waals surface area contributed by atoms with E-state index in [0.717, 1.165) is 18.0 Å². The lowest BCUT2D eigenvalue weighted by molar-refractivity contribution is 0.171. The molecule has 0 radical (unpaired) electrons. The predicted molar refractivity (Wildman–Crippen MR) is 149 cm³/mol. The fourth-order valence-electron chi connectivity index (χ4n) is 4.42. The van der Waals surface area contributed by atoms with Gasteiger partial charge >= 0.3 is 0 Å². The standard InChI is InChI=1S/C29H24F2N4O6S/c1-18-5-8-20(9-6-18)42(36,37)41-14-13-40-26-4-2-3-25-34-28(27-21(30)16-32-17-22(27)31)29(35(25)26)33-19-7-10-23-24(15-19)39-12-11-38-23/h2-10,15-17,33H,11-14H2,1H3. The van der Waals surface area contributed by atoms with Gasteiger partial charge in [-0.15, -0.1) is 0 Å². The molecule has 10 nitrogen and oxygen atoms in total. The zero-order valence-electron chi connectivity index (χ0n) is 22.2. The molecule has 2 aromatic carbocycles. The number of aromatic nitrogens is 3. The second-order valence-electron chi connectivity index (χ2n) is 9.27. The highest BCUT2D eigenvalue weighted by molar-refractivity contribution is 7.86. The summed E-state index contributed by atoms with van der Waals surface area (Å²) in [5, 5.41) is 3.18. The first-order valence-electron chi connectivity index (χ1n) is 12.9. The SMILES string of the molecule is Cc1ccc(S(=O)(=O)OCCOc2cccc3nc(-c4c(F)cncc4F)c(Nc4ccc5c(c4)OCCO5)n23)cc1. The van der Waals surface area contributed by atoms with Gasteiger partial charge in [0.05, 0.1) is 22.9 Å². The summed E-state index contributed by atoms with van der Waals surface area (Å²) in [7, 11) is -3.99. The molecule has 0 saturated heterocycles. The Hall–Kier alpha value is -4.75. The summed E-state index contributed by atoms with van der Waals surface area (Å²) in [6, 6.07) is 16.3. The van der Waals surface area contributed by atoms with Crippen LogP contribution >= 0.6 is 0 Å². The Kier molecular flexibility index (Phi) is 7.35. The van der Waals surface area contributed by atoms with Gasteiger partial charge in [0.25, 0.3) is 10.1 Å². The first-order valence-corrected chi connectivity index (χ1v) is 14.3. The van der Waals surface area contributed by atoms with Crippen molar-refractivity contribution in [1.82, 2.24) is 14.4 Å². The predicted octanol–water partition coefficient (Wildman–Crippen LogP) is 5.28. The topological polar surface area (TPSA) is 113 Å². The number of nitrogens with zero attached hydrogens (tertiary/aromatic N) is 3. The van der Waals surface area contributed by atoms with Crippen molar-refractivity contribution < 1.29 is 35.6 Å². The fourth-order valence-corrected chi connectivity index (χ4v) is 5.32. The third-order valence-electron chi connectivity index (χ3n) is 6.38. The second kappa shape index (κ2) is 11.3. The van der Waals surface area contributed by atoms with Crippen molar-refractivity contribution in [2.24, 2.45) is 0 Å². The minimum atomic E-state index is -3.99. The molecule has 1 N–H and O–H groups in total. The summed E-state index contributed by atoms with van der Waals surface area (Å²) in [5.41, 5.74) is 1.34. The van der Waals surface area contributed by atoms with E-state index >= 15 is 0 Å². The van der Waals surface area contributed by atoms with Gasteiger partial charge in [-0.2, -0.15) is 8.42 Å². The quantitative estimate of drug-likeness (QED) is 0.180. The van der Waals surface area contributed by atoms with Crippen molar-refractivity contribution >= 4 is 27.3 Å². The number of ether oxygens (including phenoxy) is 3. The first-order chi connectivity index (χ1) is 20.3. The fraction of sp³-hybridized carbons (Fsp3) is 0.172. The van der Waals surface area contributed by atoms with Gasteiger partial charge in [0.15, 0.2) is 23.1 Å². The maximum atomic E-state index is 14.9. The lowest BCUT2D eigenvalue weighted by atomic mass is 10.1. The van der Waals surface area contributed by atoms with Gasteiger partial charge in [0.1, 0.15) is 43.6 Å². The van der Waals surface area contributed by atoms with Gasteiger partial charge in [0.2, 0.25) is 5.88 Å². The number of benzene rings is 2. The summed E-state index contributed by atoms with van der Waals surface area (Å²) in [5.74, 6) is -0.319. The number of anilines is 2. The van der Waals surface area contributed by atoms with Crippen molar-refractivity contribution in [3.63, 3.8) is 0 Å². The van der Waals surface area contributed by atoms with E-state index in [-0.39, 0.29) is 41.1 Å². The monoisotopic (exact) mass is 594 g/mol. The zero-order valence-corrected chi connectivity index (χ0v) is 23.0. The van der Waals surface area contributed by atoms with Crippen LogP contribution < -0.4 is 19.5 Å². The largest absolute Gasteiger partial charge is 0.486 e. The van der Waals surface area contributed by atoms with Crippen LogP contribution in [0.1, 0.15) is 5.56 Å². The molecular weight excluding hydrogens is 570 g/mol. The van der Waals surface area contributed by atoms with Crippen molar-refractivity contribution in [2.45, 2.75) is 11.8 Å². The van der Waals surface area contributed by atoms with Gasteiger partial charge in [-0.1, -0.05) is 23.8 Å². The molecule has 216 valence electrons. The Bertz CT molecular complexity index is 1860. The summed E-state index contributed by atoms with van der Waals surface area (Å²) in [6.07, 6.45) is 1.80. The smallest absolute Gasteiger partial charge is 0.297 e. The number of fused-ring (bicyclic) bond motifs is 2. The van der Waals surface area contributed by atoms with Crippen molar-refractivity contribution in [3.8, 4) is 28.6 Å². The average molecular weight is 595 g/mol. The number of nitrogens with one attached hydrogen (secondary N) is 1. The number of aryl methyl sites for hydroxylation is 1. The van der Waals surface area contributed by atoms with Crippen LogP contribution in [-0.2, 0) is 14.3 Å². The van der Waals surface area contributed by atoms with E-state index in [2.05, 4.69) is 15.3 Å². The van der Waals surface area contributed by atoms with Gasteiger partial charge in [-0.05, 0) is 43.3 Å². The van der Waals surface area contributed by atoms with Gasteiger partial charge in [-0.3, -0.25) is 9.17 Å². The molecule has 0 bridgehead atoms. The van der Waals surface area contributed by atoms with Crippen LogP contribution in [-0.4, -0.2) is 49.2 Å². The Labute approximate surface area is 239 Å². The van der Waals surface area contributed by atoms with Crippen molar-refractivity contribution in [3.05, 3.63) is 90.3 Å². The maximum Gasteiger partial charge on any atom is 0.297 e. The van der Waals surface area contributed by atoms with E-state index in [1.165, 1.54) is 16.5 Å². The lowest BCUT2D eigenvalue weighted by Gasteiger charge is -2.19. The molecule has 0 spiro atoms. The van der Waals surface area contributed by atoms with Crippen LogP contribution in [0.15, 0.2) is 78.0 Å². The minimum absolute atomic E-state index is 0.0294. The molecule has 0 amide bonds. The third-order valence-corrected chi connectivity index (χ3v) is 7.71.